The molecule has 1 unspecified atom stereocenters. The Morgan fingerprint density at radius 2 is 2.03 bits per heavy atom. The zero-order valence-electron chi connectivity index (χ0n) is 17.0. The molecule has 0 radical (unpaired) electrons. The summed E-state index contributed by atoms with van der Waals surface area (Å²) in [6.45, 7) is 1.62. The van der Waals surface area contributed by atoms with Gasteiger partial charge in [-0.1, -0.05) is 24.3 Å². The summed E-state index contributed by atoms with van der Waals surface area (Å²) in [7, 11) is 3.19. The second-order valence-electron chi connectivity index (χ2n) is 7.19. The minimum atomic E-state index is -0.298. The van der Waals surface area contributed by atoms with E-state index in [2.05, 4.69) is 0 Å². The number of hydrogen-bond donors (Lipinski definition) is 0. The molecule has 0 bridgehead atoms. The van der Waals surface area contributed by atoms with E-state index in [1.54, 1.807) is 25.2 Å². The zero-order chi connectivity index (χ0) is 20.6. The number of carbonyl (C=O) groups excluding carboxylic acids is 1. The van der Waals surface area contributed by atoms with Crippen LogP contribution in [0.1, 0.15) is 30.4 Å². The number of halogens is 1. The van der Waals surface area contributed by atoms with Crippen molar-refractivity contribution >= 4 is 5.91 Å². The van der Waals surface area contributed by atoms with E-state index < -0.39 is 0 Å². The number of methoxy groups -OCH3 is 2. The van der Waals surface area contributed by atoms with Gasteiger partial charge in [-0.05, 0) is 48.6 Å². The van der Waals surface area contributed by atoms with Crippen LogP contribution in [-0.4, -0.2) is 44.3 Å². The van der Waals surface area contributed by atoms with E-state index in [0.717, 1.165) is 30.6 Å². The maximum Gasteiger partial charge on any atom is 0.223 e. The SMILES string of the molecule is COc1cccc(CCC(=O)N(Cc2cccc(F)c2)CC2CCCO2)c1OC. The van der Waals surface area contributed by atoms with Gasteiger partial charge in [-0.2, -0.15) is 0 Å². The highest BCUT2D eigenvalue weighted by Crippen LogP contribution is 2.31. The van der Waals surface area contributed by atoms with Crippen molar-refractivity contribution in [3.8, 4) is 11.5 Å². The summed E-state index contributed by atoms with van der Waals surface area (Å²) in [5, 5.41) is 0. The van der Waals surface area contributed by atoms with Crippen LogP contribution in [0.25, 0.3) is 0 Å². The lowest BCUT2D eigenvalue weighted by Gasteiger charge is -2.26. The molecule has 0 aromatic heterocycles. The standard InChI is InChI=1S/C23H28FNO4/c1-27-21-10-4-7-18(23(21)28-2)11-12-22(26)25(16-20-9-5-13-29-20)15-17-6-3-8-19(24)14-17/h3-4,6-8,10,14,20H,5,9,11-13,15-16H2,1-2H3. The van der Waals surface area contributed by atoms with Gasteiger partial charge in [0.15, 0.2) is 11.5 Å². The van der Waals surface area contributed by atoms with Crippen molar-refractivity contribution in [3.63, 3.8) is 0 Å². The van der Waals surface area contributed by atoms with Gasteiger partial charge in [0.2, 0.25) is 5.91 Å². The Labute approximate surface area is 171 Å². The molecule has 1 fully saturated rings. The van der Waals surface area contributed by atoms with E-state index in [-0.39, 0.29) is 17.8 Å². The van der Waals surface area contributed by atoms with Gasteiger partial charge in [-0.3, -0.25) is 4.79 Å². The Bertz CT molecular complexity index is 820. The summed E-state index contributed by atoms with van der Waals surface area (Å²) < 4.78 is 30.1. The minimum Gasteiger partial charge on any atom is -0.493 e. The van der Waals surface area contributed by atoms with Crippen molar-refractivity contribution in [3.05, 3.63) is 59.4 Å². The van der Waals surface area contributed by atoms with Gasteiger partial charge in [0.25, 0.3) is 0 Å². The predicted octanol–water partition coefficient (Wildman–Crippen LogP) is 3.98. The Kier molecular flexibility index (Phi) is 7.47. The van der Waals surface area contributed by atoms with E-state index in [1.807, 2.05) is 24.3 Å². The largest absolute Gasteiger partial charge is 0.493 e. The van der Waals surface area contributed by atoms with E-state index in [9.17, 15) is 9.18 Å². The molecule has 0 N–H and O–H groups in total. The highest BCUT2D eigenvalue weighted by Gasteiger charge is 2.23. The molecule has 3 rings (SSSR count). The number of para-hydroxylation sites is 1. The van der Waals surface area contributed by atoms with Gasteiger partial charge in [0.1, 0.15) is 5.82 Å². The number of aryl methyl sites for hydroxylation is 1. The first-order valence-corrected chi connectivity index (χ1v) is 9.94. The fourth-order valence-corrected chi connectivity index (χ4v) is 3.69. The van der Waals surface area contributed by atoms with Crippen molar-refractivity contribution in [2.75, 3.05) is 27.4 Å². The maximum absolute atomic E-state index is 13.6. The van der Waals surface area contributed by atoms with Crippen LogP contribution in [0, 0.1) is 5.82 Å². The summed E-state index contributed by atoms with van der Waals surface area (Å²) in [4.78, 5) is 14.8. The molecule has 6 heteroatoms. The number of carbonyl (C=O) groups is 1. The molecule has 1 heterocycles. The van der Waals surface area contributed by atoms with Crippen LogP contribution in [-0.2, 0) is 22.5 Å². The molecule has 0 saturated carbocycles. The topological polar surface area (TPSA) is 48.0 Å². The van der Waals surface area contributed by atoms with Gasteiger partial charge in [0, 0.05) is 26.1 Å². The van der Waals surface area contributed by atoms with Gasteiger partial charge < -0.3 is 19.1 Å². The van der Waals surface area contributed by atoms with Crippen molar-refractivity contribution in [2.45, 2.75) is 38.3 Å². The molecule has 1 atom stereocenters. The van der Waals surface area contributed by atoms with E-state index in [0.29, 0.717) is 37.4 Å². The quantitative estimate of drug-likeness (QED) is 0.638. The molecule has 1 aliphatic rings. The molecular formula is C23H28FNO4. The van der Waals surface area contributed by atoms with Gasteiger partial charge >= 0.3 is 0 Å². The molecule has 1 aliphatic heterocycles. The van der Waals surface area contributed by atoms with E-state index in [1.165, 1.54) is 12.1 Å². The second-order valence-corrected chi connectivity index (χ2v) is 7.19. The normalized spacial score (nSPS) is 15.9. The average molecular weight is 401 g/mol. The smallest absolute Gasteiger partial charge is 0.223 e. The molecule has 0 spiro atoms. The monoisotopic (exact) mass is 401 g/mol. The summed E-state index contributed by atoms with van der Waals surface area (Å²) >= 11 is 0. The molecule has 5 nitrogen and oxygen atoms in total. The molecule has 2 aromatic carbocycles. The van der Waals surface area contributed by atoms with Crippen LogP contribution in [0.3, 0.4) is 0 Å². The van der Waals surface area contributed by atoms with E-state index >= 15 is 0 Å². The van der Waals surface area contributed by atoms with Crippen LogP contribution in [0.4, 0.5) is 4.39 Å². The third-order valence-corrected chi connectivity index (χ3v) is 5.16. The van der Waals surface area contributed by atoms with Crippen LogP contribution in [0.15, 0.2) is 42.5 Å². The van der Waals surface area contributed by atoms with Crippen LogP contribution >= 0.6 is 0 Å². The fourth-order valence-electron chi connectivity index (χ4n) is 3.69. The highest BCUT2D eigenvalue weighted by molar-refractivity contribution is 5.76. The molecule has 1 saturated heterocycles. The number of hydrogen-bond acceptors (Lipinski definition) is 4. The molecular weight excluding hydrogens is 373 g/mol. The number of amides is 1. The van der Waals surface area contributed by atoms with Crippen molar-refractivity contribution in [1.29, 1.82) is 0 Å². The Hall–Kier alpha value is -2.60. The molecule has 2 aromatic rings. The third kappa shape index (κ3) is 5.70. The van der Waals surface area contributed by atoms with Gasteiger partial charge in [-0.25, -0.2) is 4.39 Å². The van der Waals surface area contributed by atoms with Crippen molar-refractivity contribution in [1.82, 2.24) is 4.90 Å². The van der Waals surface area contributed by atoms with Gasteiger partial charge in [0.05, 0.1) is 20.3 Å². The minimum absolute atomic E-state index is 0.00892. The maximum atomic E-state index is 13.6. The molecule has 29 heavy (non-hydrogen) atoms. The van der Waals surface area contributed by atoms with Crippen LogP contribution < -0.4 is 9.47 Å². The summed E-state index contributed by atoms with van der Waals surface area (Å²) in [5.74, 6) is 1.01. The van der Waals surface area contributed by atoms with E-state index in [4.69, 9.17) is 14.2 Å². The fraction of sp³-hybridized carbons (Fsp3) is 0.435. The molecule has 156 valence electrons. The third-order valence-electron chi connectivity index (χ3n) is 5.16. The first-order valence-electron chi connectivity index (χ1n) is 9.94. The number of benzene rings is 2. The first-order chi connectivity index (χ1) is 14.1. The lowest BCUT2D eigenvalue weighted by molar-refractivity contribution is -0.133. The summed E-state index contributed by atoms with van der Waals surface area (Å²) in [5.41, 5.74) is 1.69. The van der Waals surface area contributed by atoms with Crippen LogP contribution in [0.2, 0.25) is 0 Å². The summed E-state index contributed by atoms with van der Waals surface area (Å²) in [6.07, 6.45) is 2.85. The lowest BCUT2D eigenvalue weighted by Crippen LogP contribution is -2.37. The number of rotatable bonds is 9. The van der Waals surface area contributed by atoms with Crippen LogP contribution in [0.5, 0.6) is 11.5 Å². The average Bonchev–Trinajstić information content (AvgIpc) is 3.24. The first kappa shape index (κ1) is 21.1. The molecule has 1 amide bonds. The number of nitrogens with zero attached hydrogens (tertiary/aromatic N) is 1. The Balaban J connectivity index is 1.70. The lowest BCUT2D eigenvalue weighted by atomic mass is 10.1. The number of ether oxygens (including phenoxy) is 3. The summed E-state index contributed by atoms with van der Waals surface area (Å²) in [6, 6.07) is 12.0. The Morgan fingerprint density at radius 3 is 2.72 bits per heavy atom. The van der Waals surface area contributed by atoms with Crippen molar-refractivity contribution < 1.29 is 23.4 Å². The Morgan fingerprint density at radius 1 is 1.21 bits per heavy atom. The zero-order valence-corrected chi connectivity index (χ0v) is 17.0. The van der Waals surface area contributed by atoms with Gasteiger partial charge in [-0.15, -0.1) is 0 Å². The van der Waals surface area contributed by atoms with Crippen molar-refractivity contribution in [2.24, 2.45) is 0 Å². The molecule has 0 aliphatic carbocycles. The predicted molar refractivity (Wildman–Crippen MR) is 109 cm³/mol. The highest BCUT2D eigenvalue weighted by atomic mass is 19.1. The second kappa shape index (κ2) is 10.3.